The van der Waals surface area contributed by atoms with E-state index >= 15 is 0 Å². The minimum absolute atomic E-state index is 0.106. The molecule has 1 fully saturated rings. The summed E-state index contributed by atoms with van der Waals surface area (Å²) in [5, 5.41) is 10.2. The number of anilines is 1. The molecule has 2 aromatic heterocycles. The molecule has 0 unspecified atom stereocenters. The monoisotopic (exact) mass is 427 g/mol. The molecule has 1 saturated heterocycles. The van der Waals surface area contributed by atoms with Gasteiger partial charge in [-0.3, -0.25) is 4.79 Å². The highest BCUT2D eigenvalue weighted by molar-refractivity contribution is 5.91. The number of likely N-dealkylation sites (N-methyl/N-ethyl adjacent to an activating group) is 1. The summed E-state index contributed by atoms with van der Waals surface area (Å²) in [6, 6.07) is 7.34. The van der Waals surface area contributed by atoms with Crippen molar-refractivity contribution in [1.82, 2.24) is 19.9 Å². The second kappa shape index (κ2) is 7.21. The fourth-order valence-electron chi connectivity index (χ4n) is 3.30. The van der Waals surface area contributed by atoms with E-state index in [0.29, 0.717) is 12.1 Å². The number of likely N-dealkylation sites (tertiary alicyclic amines) is 1. The fourth-order valence-corrected chi connectivity index (χ4v) is 3.30. The highest BCUT2D eigenvalue weighted by Gasteiger charge is 2.42. The number of amides is 1. The van der Waals surface area contributed by atoms with E-state index in [9.17, 15) is 23.1 Å². The van der Waals surface area contributed by atoms with Crippen LogP contribution in [0.25, 0.3) is 22.3 Å². The molecular weight excluding hydrogens is 411 g/mol. The lowest BCUT2D eigenvalue weighted by Crippen LogP contribution is -2.37. The molecule has 7 nitrogen and oxygen atoms in total. The predicted octanol–water partition coefficient (Wildman–Crippen LogP) is 2.24. The number of aromatic nitrogens is 3. The molecule has 10 heteroatoms. The number of halogens is 3. The molecule has 0 bridgehead atoms. The van der Waals surface area contributed by atoms with Crippen LogP contribution in [-0.2, 0) is 11.0 Å². The molecule has 1 aliphatic rings. The highest BCUT2D eigenvalue weighted by Crippen LogP contribution is 2.35. The lowest BCUT2D eigenvalue weighted by Gasteiger charge is -2.13. The second-order valence-corrected chi connectivity index (χ2v) is 7.15. The number of carbonyl (C=O) groups is 1. The maximum atomic E-state index is 13.6. The van der Waals surface area contributed by atoms with Gasteiger partial charge in [0.2, 0.25) is 5.60 Å². The molecule has 0 aliphatic carbocycles. The van der Waals surface area contributed by atoms with Crippen LogP contribution in [0.2, 0.25) is 0 Å². The van der Waals surface area contributed by atoms with Gasteiger partial charge in [-0.25, -0.2) is 15.0 Å². The van der Waals surface area contributed by atoms with Crippen LogP contribution >= 0.6 is 0 Å². The number of nitrogen functional groups attached to an aromatic ring is 1. The molecule has 4 rings (SSSR count). The van der Waals surface area contributed by atoms with Gasteiger partial charge in [0.25, 0.3) is 5.91 Å². The van der Waals surface area contributed by atoms with Gasteiger partial charge in [-0.1, -0.05) is 24.0 Å². The molecule has 3 aromatic rings. The molecule has 0 spiro atoms. The van der Waals surface area contributed by atoms with Crippen LogP contribution in [0.4, 0.5) is 19.0 Å². The fraction of sp³-hybridized carbons (Fsp3) is 0.238. The van der Waals surface area contributed by atoms with Crippen LogP contribution < -0.4 is 5.73 Å². The summed E-state index contributed by atoms with van der Waals surface area (Å²) >= 11 is 0. The van der Waals surface area contributed by atoms with Gasteiger partial charge in [0.05, 0.1) is 0 Å². The molecule has 3 N–H and O–H groups in total. The Labute approximate surface area is 174 Å². The first-order valence-electron chi connectivity index (χ1n) is 9.19. The van der Waals surface area contributed by atoms with E-state index in [1.165, 1.54) is 23.2 Å². The van der Waals surface area contributed by atoms with Crippen LogP contribution in [0.1, 0.15) is 17.7 Å². The van der Waals surface area contributed by atoms with Crippen LogP contribution in [-0.4, -0.2) is 50.1 Å². The minimum Gasteiger partial charge on any atom is -0.382 e. The number of alkyl halides is 3. The van der Waals surface area contributed by atoms with Gasteiger partial charge in [0, 0.05) is 42.7 Å². The van der Waals surface area contributed by atoms with Crippen LogP contribution in [0, 0.1) is 11.8 Å². The summed E-state index contributed by atoms with van der Waals surface area (Å²) in [6.07, 6.45) is -3.39. The lowest BCUT2D eigenvalue weighted by atomic mass is 10.0. The molecule has 1 aromatic carbocycles. The van der Waals surface area contributed by atoms with E-state index in [4.69, 9.17) is 5.73 Å². The van der Waals surface area contributed by atoms with Crippen molar-refractivity contribution in [3.63, 3.8) is 0 Å². The maximum absolute atomic E-state index is 13.6. The summed E-state index contributed by atoms with van der Waals surface area (Å²) in [5.41, 5.74) is 3.39. The second-order valence-electron chi connectivity index (χ2n) is 7.15. The average Bonchev–Trinajstić information content (AvgIpc) is 2.99. The van der Waals surface area contributed by atoms with Crippen molar-refractivity contribution < 1.29 is 23.1 Å². The molecule has 1 amide bonds. The van der Waals surface area contributed by atoms with Crippen LogP contribution in [0.5, 0.6) is 0 Å². The smallest absolute Gasteiger partial charge is 0.382 e. The number of fused-ring (bicyclic) bond motifs is 1. The van der Waals surface area contributed by atoms with Gasteiger partial charge in [-0.05, 0) is 18.2 Å². The first-order chi connectivity index (χ1) is 14.6. The summed E-state index contributed by atoms with van der Waals surface area (Å²) in [4.78, 5) is 25.1. The van der Waals surface area contributed by atoms with Crippen LogP contribution in [0.3, 0.4) is 0 Å². The number of hydrogen-bond acceptors (Lipinski definition) is 6. The van der Waals surface area contributed by atoms with Crippen molar-refractivity contribution in [2.24, 2.45) is 0 Å². The topological polar surface area (TPSA) is 105 Å². The number of aliphatic hydroxyl groups is 1. The number of carbonyl (C=O) groups excluding carboxylic acids is 1. The van der Waals surface area contributed by atoms with E-state index in [1.807, 2.05) is 0 Å². The number of benzene rings is 1. The molecule has 3 heterocycles. The average molecular weight is 427 g/mol. The van der Waals surface area contributed by atoms with Gasteiger partial charge in [-0.15, -0.1) is 0 Å². The van der Waals surface area contributed by atoms with Crippen molar-refractivity contribution in [3.8, 4) is 23.2 Å². The Morgan fingerprint density at radius 3 is 2.71 bits per heavy atom. The summed E-state index contributed by atoms with van der Waals surface area (Å²) in [6.45, 7) is 0.380. The first kappa shape index (κ1) is 20.6. The quantitative estimate of drug-likeness (QED) is 0.577. The molecule has 158 valence electrons. The Bertz CT molecular complexity index is 1270. The summed E-state index contributed by atoms with van der Waals surface area (Å²) in [5.74, 6) is 4.46. The standard InChI is InChI=1S/C21H16F3N5O2/c1-29-10-8-20(31,19(29)30)7-5-12-3-2-4-13(11-12)18-27-15-14(6-9-26-17(15)25)16(28-18)21(22,23)24/h2-4,6,9,11,31H,8,10H2,1H3,(H2,25,26)/t20-/m0/s1. The SMILES string of the molecule is CN1CC[C@@](O)(C#Cc2cccc(-c3nc(C(F)(F)F)c4ccnc(N)c4n3)c2)C1=O. The molecular formula is C21H16F3N5O2. The number of hydrogen-bond donors (Lipinski definition) is 2. The molecule has 1 atom stereocenters. The van der Waals surface area contributed by atoms with Crippen LogP contribution in [0.15, 0.2) is 36.5 Å². The van der Waals surface area contributed by atoms with Crippen molar-refractivity contribution in [3.05, 3.63) is 47.8 Å². The van der Waals surface area contributed by atoms with E-state index in [1.54, 1.807) is 19.2 Å². The highest BCUT2D eigenvalue weighted by atomic mass is 19.4. The zero-order chi connectivity index (χ0) is 22.4. The third-order valence-electron chi connectivity index (χ3n) is 4.96. The Hall–Kier alpha value is -3.71. The molecule has 1 aliphatic heterocycles. The summed E-state index contributed by atoms with van der Waals surface area (Å²) in [7, 11) is 1.57. The number of nitrogens with zero attached hydrogens (tertiary/aromatic N) is 4. The minimum atomic E-state index is -4.72. The predicted molar refractivity (Wildman–Crippen MR) is 106 cm³/mol. The Morgan fingerprint density at radius 2 is 2.03 bits per heavy atom. The maximum Gasteiger partial charge on any atom is 0.434 e. The van der Waals surface area contributed by atoms with Gasteiger partial charge in [-0.2, -0.15) is 13.2 Å². The Kier molecular flexibility index (Phi) is 4.78. The van der Waals surface area contributed by atoms with Crippen molar-refractivity contribution in [2.75, 3.05) is 19.3 Å². The Balaban J connectivity index is 1.80. The van der Waals surface area contributed by atoms with Crippen molar-refractivity contribution >= 4 is 22.6 Å². The number of pyridine rings is 1. The van der Waals surface area contributed by atoms with E-state index < -0.39 is 23.4 Å². The molecule has 31 heavy (non-hydrogen) atoms. The van der Waals surface area contributed by atoms with Crippen molar-refractivity contribution in [2.45, 2.75) is 18.2 Å². The Morgan fingerprint density at radius 1 is 1.26 bits per heavy atom. The normalized spacial score (nSPS) is 18.9. The zero-order valence-electron chi connectivity index (χ0n) is 16.2. The first-order valence-corrected chi connectivity index (χ1v) is 9.19. The summed E-state index contributed by atoms with van der Waals surface area (Å²) < 4.78 is 40.8. The van der Waals surface area contributed by atoms with Crippen molar-refractivity contribution in [1.29, 1.82) is 0 Å². The van der Waals surface area contributed by atoms with Gasteiger partial charge in [0.15, 0.2) is 11.5 Å². The van der Waals surface area contributed by atoms with E-state index in [2.05, 4.69) is 26.8 Å². The lowest BCUT2D eigenvalue weighted by molar-refractivity contribution is -0.139. The molecule has 0 saturated carbocycles. The third-order valence-corrected chi connectivity index (χ3v) is 4.96. The zero-order valence-corrected chi connectivity index (χ0v) is 16.2. The van der Waals surface area contributed by atoms with E-state index in [0.717, 1.165) is 6.07 Å². The van der Waals surface area contributed by atoms with Gasteiger partial charge in [0.1, 0.15) is 11.3 Å². The largest absolute Gasteiger partial charge is 0.434 e. The number of rotatable bonds is 1. The number of nitrogens with two attached hydrogens (primary N) is 1. The van der Waals surface area contributed by atoms with Gasteiger partial charge >= 0.3 is 6.18 Å². The van der Waals surface area contributed by atoms with E-state index in [-0.39, 0.29) is 34.5 Å². The van der Waals surface area contributed by atoms with Gasteiger partial charge < -0.3 is 15.7 Å². The third kappa shape index (κ3) is 3.75. The molecule has 0 radical (unpaired) electrons.